The zero-order valence-electron chi connectivity index (χ0n) is 10.4. The van der Waals surface area contributed by atoms with Crippen molar-refractivity contribution in [1.29, 1.82) is 0 Å². The second kappa shape index (κ2) is 5.12. The van der Waals surface area contributed by atoms with Crippen molar-refractivity contribution in [1.82, 2.24) is 13.5 Å². The molecular formula is C10H19N3O4S. The van der Waals surface area contributed by atoms with E-state index < -0.39 is 22.1 Å². The average Bonchev–Trinajstić information content (AvgIpc) is 2.79. The highest BCUT2D eigenvalue weighted by molar-refractivity contribution is 7.86. The van der Waals surface area contributed by atoms with Gasteiger partial charge in [0.05, 0.1) is 5.92 Å². The molecule has 2 heterocycles. The Morgan fingerprint density at radius 2 is 1.72 bits per heavy atom. The van der Waals surface area contributed by atoms with Crippen LogP contribution in [0.15, 0.2) is 0 Å². The van der Waals surface area contributed by atoms with Gasteiger partial charge in [-0.25, -0.2) is 0 Å². The molecule has 1 unspecified atom stereocenters. The van der Waals surface area contributed by atoms with E-state index in [9.17, 15) is 13.2 Å². The molecule has 104 valence electrons. The molecule has 18 heavy (non-hydrogen) atoms. The molecule has 0 spiro atoms. The fraction of sp³-hybridized carbons (Fsp3) is 0.900. The summed E-state index contributed by atoms with van der Waals surface area (Å²) in [6.07, 6.45) is 0.405. The molecule has 0 aliphatic carbocycles. The average molecular weight is 277 g/mol. The summed E-state index contributed by atoms with van der Waals surface area (Å²) < 4.78 is 27.4. The number of carbonyl (C=O) groups is 1. The molecule has 0 amide bonds. The number of carboxylic acid groups (broad SMARTS) is 1. The molecule has 2 fully saturated rings. The Balaban J connectivity index is 2.01. The molecule has 2 rings (SSSR count). The second-order valence-electron chi connectivity index (χ2n) is 4.89. The first-order chi connectivity index (χ1) is 8.41. The smallest absolute Gasteiger partial charge is 0.307 e. The molecular weight excluding hydrogens is 258 g/mol. The highest BCUT2D eigenvalue weighted by Gasteiger charge is 2.38. The molecule has 0 aromatic rings. The predicted molar refractivity (Wildman–Crippen MR) is 65.3 cm³/mol. The Kier molecular flexibility index (Phi) is 3.90. The van der Waals surface area contributed by atoms with Crippen LogP contribution in [-0.2, 0) is 15.0 Å². The second-order valence-corrected chi connectivity index (χ2v) is 6.82. The fourth-order valence-electron chi connectivity index (χ4n) is 2.32. The van der Waals surface area contributed by atoms with E-state index in [0.29, 0.717) is 26.1 Å². The summed E-state index contributed by atoms with van der Waals surface area (Å²) in [5, 5.41) is 8.90. The maximum absolute atomic E-state index is 12.3. The first kappa shape index (κ1) is 13.7. The monoisotopic (exact) mass is 277 g/mol. The van der Waals surface area contributed by atoms with Gasteiger partial charge in [-0.05, 0) is 13.5 Å². The van der Waals surface area contributed by atoms with Crippen molar-refractivity contribution in [3.63, 3.8) is 0 Å². The molecule has 2 aliphatic rings. The molecule has 0 saturated carbocycles. The molecule has 0 bridgehead atoms. The van der Waals surface area contributed by atoms with Crippen LogP contribution in [0.25, 0.3) is 0 Å². The zero-order chi connectivity index (χ0) is 13.3. The van der Waals surface area contributed by atoms with E-state index in [0.717, 1.165) is 13.1 Å². The maximum atomic E-state index is 12.3. The summed E-state index contributed by atoms with van der Waals surface area (Å²) in [6, 6.07) is 0. The summed E-state index contributed by atoms with van der Waals surface area (Å²) in [4.78, 5) is 12.9. The lowest BCUT2D eigenvalue weighted by Gasteiger charge is -2.33. The van der Waals surface area contributed by atoms with Crippen LogP contribution < -0.4 is 0 Å². The summed E-state index contributed by atoms with van der Waals surface area (Å²) in [5.74, 6) is -1.47. The van der Waals surface area contributed by atoms with Crippen molar-refractivity contribution in [2.45, 2.75) is 6.42 Å². The first-order valence-electron chi connectivity index (χ1n) is 6.08. The van der Waals surface area contributed by atoms with Crippen LogP contribution in [-0.4, -0.2) is 79.3 Å². The Morgan fingerprint density at radius 3 is 2.22 bits per heavy atom. The summed E-state index contributed by atoms with van der Waals surface area (Å²) in [6.45, 7) is 2.81. The standard InChI is InChI=1S/C10H19N3O4S/c1-11-4-6-12(7-5-11)18(16,17)13-3-2-9(8-13)10(14)15/h9H,2-8H2,1H3,(H,14,15). The van der Waals surface area contributed by atoms with Crippen LogP contribution in [0.5, 0.6) is 0 Å². The molecule has 1 N–H and O–H groups in total. The van der Waals surface area contributed by atoms with E-state index in [4.69, 9.17) is 5.11 Å². The third-order valence-electron chi connectivity index (χ3n) is 3.62. The Labute approximate surface area is 107 Å². The number of hydrogen-bond donors (Lipinski definition) is 1. The Hall–Kier alpha value is -0.700. The Morgan fingerprint density at radius 1 is 1.11 bits per heavy atom. The van der Waals surface area contributed by atoms with E-state index in [1.54, 1.807) is 0 Å². The number of piperazine rings is 1. The largest absolute Gasteiger partial charge is 0.481 e. The van der Waals surface area contributed by atoms with Crippen molar-refractivity contribution < 1.29 is 18.3 Å². The molecule has 0 aromatic carbocycles. The van der Waals surface area contributed by atoms with Crippen LogP contribution in [0, 0.1) is 5.92 Å². The van der Waals surface area contributed by atoms with Crippen LogP contribution in [0.1, 0.15) is 6.42 Å². The van der Waals surface area contributed by atoms with E-state index >= 15 is 0 Å². The van der Waals surface area contributed by atoms with Gasteiger partial charge < -0.3 is 10.0 Å². The van der Waals surface area contributed by atoms with Gasteiger partial charge in [0.2, 0.25) is 0 Å². The molecule has 7 nitrogen and oxygen atoms in total. The van der Waals surface area contributed by atoms with Crippen molar-refractivity contribution in [3.05, 3.63) is 0 Å². The van der Waals surface area contributed by atoms with Gasteiger partial charge in [-0.3, -0.25) is 4.79 Å². The van der Waals surface area contributed by atoms with E-state index in [1.165, 1.54) is 8.61 Å². The number of aliphatic carboxylic acids is 1. The van der Waals surface area contributed by atoms with Crippen molar-refractivity contribution in [2.75, 3.05) is 46.3 Å². The molecule has 2 saturated heterocycles. The lowest BCUT2D eigenvalue weighted by Crippen LogP contribution is -2.51. The zero-order valence-corrected chi connectivity index (χ0v) is 11.3. The molecule has 0 aromatic heterocycles. The third kappa shape index (κ3) is 2.66. The van der Waals surface area contributed by atoms with E-state index in [-0.39, 0.29) is 6.54 Å². The van der Waals surface area contributed by atoms with E-state index in [1.807, 2.05) is 7.05 Å². The molecule has 2 aliphatic heterocycles. The number of carboxylic acids is 1. The van der Waals surface area contributed by atoms with Crippen molar-refractivity contribution >= 4 is 16.2 Å². The fourth-order valence-corrected chi connectivity index (χ4v) is 3.98. The minimum absolute atomic E-state index is 0.101. The van der Waals surface area contributed by atoms with Gasteiger partial charge in [-0.1, -0.05) is 0 Å². The number of hydrogen-bond acceptors (Lipinski definition) is 4. The van der Waals surface area contributed by atoms with Crippen LogP contribution in [0.2, 0.25) is 0 Å². The highest BCUT2D eigenvalue weighted by atomic mass is 32.2. The number of likely N-dealkylation sites (N-methyl/N-ethyl adjacent to an activating group) is 1. The van der Waals surface area contributed by atoms with Gasteiger partial charge in [0.25, 0.3) is 10.2 Å². The van der Waals surface area contributed by atoms with Gasteiger partial charge >= 0.3 is 5.97 Å². The van der Waals surface area contributed by atoms with Gasteiger partial charge in [0.1, 0.15) is 0 Å². The van der Waals surface area contributed by atoms with Crippen LogP contribution >= 0.6 is 0 Å². The number of rotatable bonds is 3. The van der Waals surface area contributed by atoms with Gasteiger partial charge in [-0.15, -0.1) is 0 Å². The topological polar surface area (TPSA) is 81.2 Å². The van der Waals surface area contributed by atoms with Gasteiger partial charge in [0, 0.05) is 39.3 Å². The minimum atomic E-state index is -3.47. The SMILES string of the molecule is CN1CCN(S(=O)(=O)N2CCC(C(=O)O)C2)CC1. The van der Waals surface area contributed by atoms with Crippen LogP contribution in [0.4, 0.5) is 0 Å². The van der Waals surface area contributed by atoms with Gasteiger partial charge in [-0.2, -0.15) is 17.0 Å². The highest BCUT2D eigenvalue weighted by Crippen LogP contribution is 2.22. The quantitative estimate of drug-likeness (QED) is 0.707. The number of nitrogens with zero attached hydrogens (tertiary/aromatic N) is 3. The van der Waals surface area contributed by atoms with Crippen LogP contribution in [0.3, 0.4) is 0 Å². The first-order valence-corrected chi connectivity index (χ1v) is 7.47. The molecule has 1 atom stereocenters. The summed E-state index contributed by atoms with van der Waals surface area (Å²) >= 11 is 0. The minimum Gasteiger partial charge on any atom is -0.481 e. The summed E-state index contributed by atoms with van der Waals surface area (Å²) in [5.41, 5.74) is 0. The normalized spacial score (nSPS) is 28.6. The predicted octanol–water partition coefficient (Wildman–Crippen LogP) is -1.11. The third-order valence-corrected chi connectivity index (χ3v) is 5.62. The van der Waals surface area contributed by atoms with Crippen molar-refractivity contribution in [3.8, 4) is 0 Å². The lowest BCUT2D eigenvalue weighted by atomic mass is 10.1. The van der Waals surface area contributed by atoms with E-state index in [2.05, 4.69) is 4.90 Å². The van der Waals surface area contributed by atoms with Crippen molar-refractivity contribution in [2.24, 2.45) is 5.92 Å². The summed E-state index contributed by atoms with van der Waals surface area (Å²) in [7, 11) is -1.52. The molecule has 8 heteroatoms. The molecule has 0 radical (unpaired) electrons. The maximum Gasteiger partial charge on any atom is 0.307 e. The Bertz CT molecular complexity index is 417. The van der Waals surface area contributed by atoms with Gasteiger partial charge in [0.15, 0.2) is 0 Å². The lowest BCUT2D eigenvalue weighted by molar-refractivity contribution is -0.141.